The lowest BCUT2D eigenvalue weighted by Crippen LogP contribution is -2.46. The highest BCUT2D eigenvalue weighted by molar-refractivity contribution is 5.99. The van der Waals surface area contributed by atoms with Gasteiger partial charge in [0.25, 0.3) is 5.91 Å². The Labute approximate surface area is 118 Å². The molecule has 0 saturated carbocycles. The number of carbonyl (C=O) groups excluding carboxylic acids is 2. The standard InChI is InChI=1S/C14H21N3O3/c1-10(9-17-3-5-20-6-4-17)16-14(19)13-7-12(8-15-13)11(2)18/h7-8,10,15H,3-6,9H2,1-2H3,(H,16,19)/t10-/m0/s1. The fraction of sp³-hybridized carbons (Fsp3) is 0.571. The zero-order valence-electron chi connectivity index (χ0n) is 11.9. The van der Waals surface area contributed by atoms with Crippen LogP contribution >= 0.6 is 0 Å². The van der Waals surface area contributed by atoms with E-state index in [1.165, 1.54) is 6.92 Å². The molecule has 1 atom stereocenters. The molecule has 20 heavy (non-hydrogen) atoms. The van der Waals surface area contributed by atoms with Gasteiger partial charge >= 0.3 is 0 Å². The van der Waals surface area contributed by atoms with Crippen LogP contribution in [0.1, 0.15) is 34.7 Å². The molecule has 2 rings (SSSR count). The molecule has 1 aromatic rings. The second-order valence-corrected chi connectivity index (χ2v) is 5.15. The monoisotopic (exact) mass is 279 g/mol. The van der Waals surface area contributed by atoms with E-state index >= 15 is 0 Å². The van der Waals surface area contributed by atoms with Gasteiger partial charge in [-0.05, 0) is 19.9 Å². The van der Waals surface area contributed by atoms with E-state index in [1.54, 1.807) is 12.3 Å². The minimum Gasteiger partial charge on any atom is -0.379 e. The summed E-state index contributed by atoms with van der Waals surface area (Å²) in [5.74, 6) is -0.236. The van der Waals surface area contributed by atoms with Crippen molar-refractivity contribution in [2.75, 3.05) is 32.8 Å². The Bertz CT molecular complexity index is 478. The first kappa shape index (κ1) is 14.7. The zero-order valence-corrected chi connectivity index (χ0v) is 11.9. The second kappa shape index (κ2) is 6.67. The largest absolute Gasteiger partial charge is 0.379 e. The third kappa shape index (κ3) is 3.91. The SMILES string of the molecule is CC(=O)c1c[nH]c(C(=O)N[C@@H](C)CN2CCOCC2)c1. The van der Waals surface area contributed by atoms with Crippen molar-refractivity contribution in [2.45, 2.75) is 19.9 Å². The van der Waals surface area contributed by atoms with Gasteiger partial charge in [0.15, 0.2) is 5.78 Å². The highest BCUT2D eigenvalue weighted by Gasteiger charge is 2.17. The molecule has 0 aliphatic carbocycles. The highest BCUT2D eigenvalue weighted by Crippen LogP contribution is 2.05. The fourth-order valence-corrected chi connectivity index (χ4v) is 2.25. The molecule has 0 aromatic carbocycles. The number of rotatable bonds is 5. The Hall–Kier alpha value is -1.66. The lowest BCUT2D eigenvalue weighted by atomic mass is 10.2. The third-order valence-electron chi connectivity index (χ3n) is 3.35. The van der Waals surface area contributed by atoms with Crippen LogP contribution in [0.25, 0.3) is 0 Å². The van der Waals surface area contributed by atoms with Crippen molar-refractivity contribution >= 4 is 11.7 Å². The molecule has 0 unspecified atom stereocenters. The molecule has 2 heterocycles. The lowest BCUT2D eigenvalue weighted by molar-refractivity contribution is 0.0342. The number of nitrogens with one attached hydrogen (secondary N) is 2. The molecular formula is C14H21N3O3. The van der Waals surface area contributed by atoms with Crippen LogP contribution in [0.4, 0.5) is 0 Å². The fourth-order valence-electron chi connectivity index (χ4n) is 2.25. The number of hydrogen-bond donors (Lipinski definition) is 2. The molecule has 1 aliphatic heterocycles. The average molecular weight is 279 g/mol. The molecule has 1 saturated heterocycles. The summed E-state index contributed by atoms with van der Waals surface area (Å²) in [4.78, 5) is 28.3. The van der Waals surface area contributed by atoms with Crippen molar-refractivity contribution in [2.24, 2.45) is 0 Å². The van der Waals surface area contributed by atoms with Crippen LogP contribution in [-0.2, 0) is 4.74 Å². The van der Waals surface area contributed by atoms with Gasteiger partial charge in [0.2, 0.25) is 0 Å². The van der Waals surface area contributed by atoms with E-state index in [0.29, 0.717) is 11.3 Å². The number of hydrogen-bond acceptors (Lipinski definition) is 4. The van der Waals surface area contributed by atoms with Crippen molar-refractivity contribution in [3.05, 3.63) is 23.5 Å². The van der Waals surface area contributed by atoms with Crippen LogP contribution in [0.15, 0.2) is 12.3 Å². The molecule has 6 heteroatoms. The highest BCUT2D eigenvalue weighted by atomic mass is 16.5. The Kier molecular flexibility index (Phi) is 4.92. The molecule has 0 bridgehead atoms. The van der Waals surface area contributed by atoms with E-state index in [2.05, 4.69) is 15.2 Å². The summed E-state index contributed by atoms with van der Waals surface area (Å²) < 4.78 is 5.29. The maximum atomic E-state index is 12.0. The Balaban J connectivity index is 1.84. The Morgan fingerprint density at radius 1 is 1.45 bits per heavy atom. The molecule has 1 amide bonds. The first-order valence-electron chi connectivity index (χ1n) is 6.86. The van der Waals surface area contributed by atoms with Crippen LogP contribution in [0, 0.1) is 0 Å². The summed E-state index contributed by atoms with van der Waals surface area (Å²) in [5.41, 5.74) is 0.944. The number of nitrogens with zero attached hydrogens (tertiary/aromatic N) is 1. The molecule has 0 spiro atoms. The zero-order chi connectivity index (χ0) is 14.5. The second-order valence-electron chi connectivity index (χ2n) is 5.15. The maximum absolute atomic E-state index is 12.0. The number of aromatic nitrogens is 1. The van der Waals surface area contributed by atoms with Crippen molar-refractivity contribution in [1.82, 2.24) is 15.2 Å². The van der Waals surface area contributed by atoms with Gasteiger partial charge in [0.1, 0.15) is 5.69 Å². The minimum atomic E-state index is -0.182. The van der Waals surface area contributed by atoms with Gasteiger partial charge in [0.05, 0.1) is 13.2 Å². The van der Waals surface area contributed by atoms with E-state index in [4.69, 9.17) is 4.74 Å². The Morgan fingerprint density at radius 3 is 2.75 bits per heavy atom. The average Bonchev–Trinajstić information content (AvgIpc) is 2.89. The van der Waals surface area contributed by atoms with E-state index in [0.717, 1.165) is 32.8 Å². The van der Waals surface area contributed by atoms with Gasteiger partial charge < -0.3 is 15.0 Å². The van der Waals surface area contributed by atoms with Crippen molar-refractivity contribution in [1.29, 1.82) is 0 Å². The van der Waals surface area contributed by atoms with Gasteiger partial charge in [-0.1, -0.05) is 0 Å². The van der Waals surface area contributed by atoms with Crippen LogP contribution < -0.4 is 5.32 Å². The Morgan fingerprint density at radius 2 is 2.15 bits per heavy atom. The van der Waals surface area contributed by atoms with Crippen LogP contribution in [0.5, 0.6) is 0 Å². The number of carbonyl (C=O) groups is 2. The van der Waals surface area contributed by atoms with Crippen molar-refractivity contribution < 1.29 is 14.3 Å². The van der Waals surface area contributed by atoms with Crippen LogP contribution in [0.3, 0.4) is 0 Å². The number of ketones is 1. The number of ether oxygens (including phenoxy) is 1. The number of amides is 1. The summed E-state index contributed by atoms with van der Waals surface area (Å²) in [6, 6.07) is 1.63. The van der Waals surface area contributed by atoms with E-state index in [1.807, 2.05) is 6.92 Å². The van der Waals surface area contributed by atoms with Gasteiger partial charge in [-0.15, -0.1) is 0 Å². The van der Waals surface area contributed by atoms with Crippen molar-refractivity contribution in [3.63, 3.8) is 0 Å². The summed E-state index contributed by atoms with van der Waals surface area (Å²) in [7, 11) is 0. The van der Waals surface area contributed by atoms with E-state index in [-0.39, 0.29) is 17.7 Å². The van der Waals surface area contributed by atoms with E-state index in [9.17, 15) is 9.59 Å². The molecule has 2 N–H and O–H groups in total. The maximum Gasteiger partial charge on any atom is 0.267 e. The summed E-state index contributed by atoms with van der Waals surface area (Å²) in [6.45, 7) is 7.55. The number of morpholine rings is 1. The number of aromatic amines is 1. The van der Waals surface area contributed by atoms with Gasteiger partial charge in [-0.2, -0.15) is 0 Å². The predicted octanol–water partition coefficient (Wildman–Crippen LogP) is 0.668. The van der Waals surface area contributed by atoms with E-state index < -0.39 is 0 Å². The molecule has 1 aromatic heterocycles. The molecule has 0 radical (unpaired) electrons. The summed E-state index contributed by atoms with van der Waals surface area (Å²) in [6.07, 6.45) is 1.56. The van der Waals surface area contributed by atoms with Gasteiger partial charge in [-0.25, -0.2) is 0 Å². The number of Topliss-reactive ketones (excluding diaryl/α,β-unsaturated/α-hetero) is 1. The van der Waals surface area contributed by atoms with Crippen molar-refractivity contribution in [3.8, 4) is 0 Å². The number of H-pyrrole nitrogens is 1. The third-order valence-corrected chi connectivity index (χ3v) is 3.35. The molecule has 110 valence electrons. The van der Waals surface area contributed by atoms with Crippen LogP contribution in [0.2, 0.25) is 0 Å². The van der Waals surface area contributed by atoms with Crippen LogP contribution in [-0.4, -0.2) is 60.5 Å². The predicted molar refractivity (Wildman–Crippen MR) is 75.0 cm³/mol. The lowest BCUT2D eigenvalue weighted by Gasteiger charge is -2.29. The smallest absolute Gasteiger partial charge is 0.267 e. The summed E-state index contributed by atoms with van der Waals surface area (Å²) in [5, 5.41) is 2.93. The van der Waals surface area contributed by atoms with Gasteiger partial charge in [0, 0.05) is 37.4 Å². The molecular weight excluding hydrogens is 258 g/mol. The molecule has 1 fully saturated rings. The molecule has 6 nitrogen and oxygen atoms in total. The minimum absolute atomic E-state index is 0.0460. The first-order chi connectivity index (χ1) is 9.56. The normalized spacial score (nSPS) is 17.7. The summed E-state index contributed by atoms with van der Waals surface area (Å²) >= 11 is 0. The first-order valence-corrected chi connectivity index (χ1v) is 6.86. The molecule has 1 aliphatic rings. The van der Waals surface area contributed by atoms with Gasteiger partial charge in [-0.3, -0.25) is 14.5 Å². The topological polar surface area (TPSA) is 74.4 Å². The quantitative estimate of drug-likeness (QED) is 0.777.